The first kappa shape index (κ1) is 35.0. The van der Waals surface area contributed by atoms with Gasteiger partial charge in [0.25, 0.3) is 16.0 Å². The van der Waals surface area contributed by atoms with E-state index in [9.17, 15) is 30.8 Å². The molecule has 0 aliphatic heterocycles. The summed E-state index contributed by atoms with van der Waals surface area (Å²) in [6.07, 6.45) is -4.16. The smallest absolute Gasteiger partial charge is 0.355 e. The van der Waals surface area contributed by atoms with E-state index in [0.717, 1.165) is 28.8 Å². The molecule has 48 heavy (non-hydrogen) atoms. The lowest BCUT2D eigenvalue weighted by molar-refractivity contribution is -0.137. The molecule has 0 bridgehead atoms. The Balaban J connectivity index is 1.40. The van der Waals surface area contributed by atoms with Gasteiger partial charge in [-0.1, -0.05) is 68.4 Å². The second-order valence-electron chi connectivity index (χ2n) is 12.3. The van der Waals surface area contributed by atoms with Crippen molar-refractivity contribution in [1.29, 1.82) is 0 Å². The predicted octanol–water partition coefficient (Wildman–Crippen LogP) is 8.52. The molecule has 3 aromatic carbocycles. The molecule has 2 N–H and O–H groups in total. The van der Waals surface area contributed by atoms with Crippen molar-refractivity contribution in [2.45, 2.75) is 44.7 Å². The monoisotopic (exact) mass is 700 g/mol. The van der Waals surface area contributed by atoms with Crippen LogP contribution >= 0.6 is 11.3 Å². The number of hydrogen-bond donors (Lipinski definition) is 2. The Bertz CT molecular complexity index is 2010. The van der Waals surface area contributed by atoms with E-state index in [2.05, 4.69) is 43.4 Å². The average Bonchev–Trinajstić information content (AvgIpc) is 3.69. The Labute approximate surface area is 279 Å². The maximum absolute atomic E-state index is 14.7. The van der Waals surface area contributed by atoms with E-state index in [1.165, 1.54) is 11.3 Å². The van der Waals surface area contributed by atoms with Crippen molar-refractivity contribution in [3.8, 4) is 21.1 Å². The summed E-state index contributed by atoms with van der Waals surface area (Å²) in [7, 11) is -4.20. The second-order valence-corrected chi connectivity index (χ2v) is 15.0. The van der Waals surface area contributed by atoms with Gasteiger partial charge in [0.15, 0.2) is 5.76 Å². The molecular weight excluding hydrogens is 669 g/mol. The molecule has 7 nitrogen and oxygen atoms in total. The van der Waals surface area contributed by atoms with Gasteiger partial charge < -0.3 is 9.84 Å². The minimum atomic E-state index is -4.65. The van der Waals surface area contributed by atoms with E-state index in [4.69, 9.17) is 9.08 Å². The third-order valence-electron chi connectivity index (χ3n) is 7.78. The van der Waals surface area contributed by atoms with Crippen LogP contribution in [0.4, 0.5) is 17.6 Å². The summed E-state index contributed by atoms with van der Waals surface area (Å²) < 4.78 is 90.2. The topological polar surface area (TPSA) is 110 Å². The van der Waals surface area contributed by atoms with Crippen molar-refractivity contribution in [2.75, 3.05) is 12.3 Å². The number of hydrogen-bond acceptors (Lipinski definition) is 6. The first-order valence-electron chi connectivity index (χ1n) is 14.8. The van der Waals surface area contributed by atoms with Crippen molar-refractivity contribution < 1.29 is 39.8 Å². The highest BCUT2D eigenvalue weighted by Gasteiger charge is 2.31. The predicted molar refractivity (Wildman–Crippen MR) is 176 cm³/mol. The fourth-order valence-electron chi connectivity index (χ4n) is 5.11. The van der Waals surface area contributed by atoms with Crippen LogP contribution in [0.2, 0.25) is 0 Å². The molecule has 2 heterocycles. The number of rotatable bonds is 10. The van der Waals surface area contributed by atoms with Gasteiger partial charge >= 0.3 is 6.18 Å². The summed E-state index contributed by atoms with van der Waals surface area (Å²) >= 11 is 1.17. The Morgan fingerprint density at radius 1 is 0.917 bits per heavy atom. The molecule has 5 aromatic rings. The molecule has 0 radical (unpaired) electrons. The lowest BCUT2D eigenvalue weighted by atomic mass is 9.83. The van der Waals surface area contributed by atoms with Crippen molar-refractivity contribution in [3.63, 3.8) is 0 Å². The number of benzene rings is 3. The van der Waals surface area contributed by atoms with Gasteiger partial charge in [-0.15, -0.1) is 11.3 Å². The molecule has 2 aromatic heterocycles. The molecule has 5 rings (SSSR count). The molecule has 0 spiro atoms. The molecule has 0 aliphatic rings. The average molecular weight is 701 g/mol. The number of amides is 1. The SMILES string of the molecule is CC(C)(C)c1ccc(C(Cc2ccc(C(=O)NCCS(=O)(=O)O)cc2)c2cc(-c3ccc(-c4ccc(C(F)(F)F)cc4F)s3)on2)cc1. The molecule has 13 heteroatoms. The van der Waals surface area contributed by atoms with E-state index >= 15 is 0 Å². The number of nitrogens with zero attached hydrogens (tertiary/aromatic N) is 1. The number of halogens is 4. The van der Waals surface area contributed by atoms with Crippen molar-refractivity contribution in [2.24, 2.45) is 0 Å². The van der Waals surface area contributed by atoms with Crippen LogP contribution in [0.3, 0.4) is 0 Å². The van der Waals surface area contributed by atoms with E-state index in [1.807, 2.05) is 12.1 Å². The van der Waals surface area contributed by atoms with Crippen molar-refractivity contribution in [1.82, 2.24) is 10.5 Å². The number of carbonyl (C=O) groups is 1. The third-order valence-corrected chi connectivity index (χ3v) is 9.63. The molecule has 252 valence electrons. The van der Waals surface area contributed by atoms with E-state index in [-0.39, 0.29) is 23.4 Å². The lowest BCUT2D eigenvalue weighted by Gasteiger charge is -2.21. The van der Waals surface area contributed by atoms with E-state index in [1.54, 1.807) is 42.5 Å². The Morgan fingerprint density at radius 2 is 1.56 bits per heavy atom. The van der Waals surface area contributed by atoms with Crippen molar-refractivity contribution >= 4 is 27.4 Å². The van der Waals surface area contributed by atoms with Gasteiger partial charge in [0.1, 0.15) is 5.82 Å². The Hall–Kier alpha value is -4.33. The Morgan fingerprint density at radius 3 is 2.17 bits per heavy atom. The number of aromatic nitrogens is 1. The highest BCUT2D eigenvalue weighted by Crippen LogP contribution is 2.39. The number of nitrogens with one attached hydrogen (secondary N) is 1. The van der Waals surface area contributed by atoms with E-state index in [0.29, 0.717) is 39.3 Å². The highest BCUT2D eigenvalue weighted by molar-refractivity contribution is 7.85. The van der Waals surface area contributed by atoms with Crippen LogP contribution in [0, 0.1) is 5.82 Å². The van der Waals surface area contributed by atoms with Crippen LogP contribution in [-0.2, 0) is 28.1 Å². The number of carbonyl (C=O) groups excluding carboxylic acids is 1. The van der Waals surface area contributed by atoms with Crippen LogP contribution in [0.25, 0.3) is 21.1 Å². The van der Waals surface area contributed by atoms with E-state index < -0.39 is 39.3 Å². The molecule has 0 saturated carbocycles. The number of thiophene rings is 1. The number of alkyl halides is 3. The fraction of sp³-hybridized carbons (Fsp3) is 0.257. The van der Waals surface area contributed by atoms with Crippen molar-refractivity contribution in [3.05, 3.63) is 124 Å². The van der Waals surface area contributed by atoms with Crippen LogP contribution < -0.4 is 5.32 Å². The fourth-order valence-corrected chi connectivity index (χ4v) is 6.45. The zero-order valence-corrected chi connectivity index (χ0v) is 27.8. The summed E-state index contributed by atoms with van der Waals surface area (Å²) in [5.41, 5.74) is 2.87. The van der Waals surface area contributed by atoms with Crippen LogP contribution in [0.1, 0.15) is 65.0 Å². The molecule has 1 unspecified atom stereocenters. The second kappa shape index (κ2) is 13.7. The van der Waals surface area contributed by atoms with Crippen LogP contribution in [0.5, 0.6) is 0 Å². The maximum atomic E-state index is 14.7. The minimum absolute atomic E-state index is 0.0476. The normalized spacial score (nSPS) is 13.0. The Kier molecular flexibility index (Phi) is 9.95. The first-order valence-corrected chi connectivity index (χ1v) is 17.3. The zero-order valence-electron chi connectivity index (χ0n) is 26.1. The highest BCUT2D eigenvalue weighted by atomic mass is 32.2. The maximum Gasteiger partial charge on any atom is 0.416 e. The van der Waals surface area contributed by atoms with Gasteiger partial charge in [-0.2, -0.15) is 21.6 Å². The molecular formula is C35H32F4N2O5S2. The quantitative estimate of drug-likeness (QED) is 0.112. The summed E-state index contributed by atoms with van der Waals surface area (Å²) in [5, 5.41) is 6.83. The third kappa shape index (κ3) is 8.57. The summed E-state index contributed by atoms with van der Waals surface area (Å²) in [6, 6.07) is 22.6. The summed E-state index contributed by atoms with van der Waals surface area (Å²) in [5.74, 6) is -1.89. The van der Waals surface area contributed by atoms with Gasteiger partial charge in [-0.3, -0.25) is 9.35 Å². The summed E-state index contributed by atoms with van der Waals surface area (Å²) in [4.78, 5) is 13.5. The zero-order chi connectivity index (χ0) is 34.9. The molecule has 1 atom stereocenters. The van der Waals surface area contributed by atoms with Gasteiger partial charge in [-0.05, 0) is 64.9 Å². The van der Waals surface area contributed by atoms with Gasteiger partial charge in [0.05, 0.1) is 21.9 Å². The van der Waals surface area contributed by atoms with Crippen LogP contribution in [0.15, 0.2) is 89.5 Å². The van der Waals surface area contributed by atoms with Crippen LogP contribution in [-0.4, -0.2) is 36.3 Å². The minimum Gasteiger partial charge on any atom is -0.355 e. The largest absolute Gasteiger partial charge is 0.416 e. The lowest BCUT2D eigenvalue weighted by Crippen LogP contribution is -2.28. The summed E-state index contributed by atoms with van der Waals surface area (Å²) in [6.45, 7) is 6.13. The molecule has 1 amide bonds. The first-order chi connectivity index (χ1) is 22.5. The van der Waals surface area contributed by atoms with Gasteiger partial charge in [0, 0.05) is 34.5 Å². The molecule has 0 aliphatic carbocycles. The standard InChI is InChI=1S/C35H32F4N2O5S2/c1-34(2,3)24-10-8-22(9-11-24)27(18-21-4-6-23(7-5-21)33(42)40-16-17-48(43,44)45)29-20-30(46-41-29)32-15-14-31(47-32)26-13-12-25(19-28(26)36)35(37,38)39/h4-15,19-20,27H,16-18H2,1-3H3,(H,40,42)(H,43,44,45). The molecule has 0 saturated heterocycles. The molecule has 0 fully saturated rings. The van der Waals surface area contributed by atoms with Gasteiger partial charge in [-0.25, -0.2) is 4.39 Å². The van der Waals surface area contributed by atoms with Gasteiger partial charge in [0.2, 0.25) is 0 Å².